The van der Waals surface area contributed by atoms with Crippen LogP contribution < -0.4 is 24.4 Å². The maximum absolute atomic E-state index is 14.0. The Morgan fingerprint density at radius 3 is 2.46 bits per heavy atom. The van der Waals surface area contributed by atoms with Crippen molar-refractivity contribution in [1.29, 1.82) is 0 Å². The molecule has 0 saturated heterocycles. The number of thiazole rings is 1. The number of methoxy groups -OCH3 is 1. The predicted molar refractivity (Wildman–Crippen MR) is 161 cm³/mol. The van der Waals surface area contributed by atoms with Crippen molar-refractivity contribution in [2.75, 3.05) is 13.7 Å². The number of carbonyl (C=O) groups excluding carboxylic acids is 1. The highest BCUT2D eigenvalue weighted by molar-refractivity contribution is 7.07. The molecule has 1 atom stereocenters. The minimum absolute atomic E-state index is 0.0151. The lowest BCUT2D eigenvalue weighted by Gasteiger charge is -2.25. The van der Waals surface area contributed by atoms with Crippen LogP contribution in [0.4, 0.5) is 0 Å². The molecule has 9 heteroatoms. The molecule has 2 heterocycles. The van der Waals surface area contributed by atoms with Gasteiger partial charge in [-0.25, -0.2) is 9.79 Å². The Bertz CT molecular complexity index is 1790. The maximum Gasteiger partial charge on any atom is 0.338 e. The van der Waals surface area contributed by atoms with Crippen LogP contribution in [0.2, 0.25) is 5.02 Å². The number of aromatic nitrogens is 1. The second kappa shape index (κ2) is 12.2. The van der Waals surface area contributed by atoms with Gasteiger partial charge in [-0.15, -0.1) is 0 Å². The molecule has 0 N–H and O–H groups in total. The van der Waals surface area contributed by atoms with Gasteiger partial charge in [0.15, 0.2) is 16.3 Å². The van der Waals surface area contributed by atoms with E-state index in [4.69, 9.17) is 30.8 Å². The second-order valence-corrected chi connectivity index (χ2v) is 11.0. The van der Waals surface area contributed by atoms with E-state index < -0.39 is 12.0 Å². The zero-order chi connectivity index (χ0) is 29.1. The van der Waals surface area contributed by atoms with E-state index in [9.17, 15) is 9.59 Å². The number of rotatable bonds is 8. The van der Waals surface area contributed by atoms with Gasteiger partial charge in [0, 0.05) is 10.6 Å². The van der Waals surface area contributed by atoms with Crippen molar-refractivity contribution in [1.82, 2.24) is 4.57 Å². The van der Waals surface area contributed by atoms with E-state index in [2.05, 4.69) is 0 Å². The first kappa shape index (κ1) is 28.4. The summed E-state index contributed by atoms with van der Waals surface area (Å²) in [5.74, 6) is 0.653. The van der Waals surface area contributed by atoms with E-state index in [0.717, 1.165) is 11.1 Å². The van der Waals surface area contributed by atoms with Crippen LogP contribution in [0, 0.1) is 0 Å². The van der Waals surface area contributed by atoms with Crippen molar-refractivity contribution < 1.29 is 19.0 Å². The Hall–Kier alpha value is -4.14. The van der Waals surface area contributed by atoms with E-state index in [-0.39, 0.29) is 23.8 Å². The number of hydrogen-bond donors (Lipinski definition) is 0. The van der Waals surface area contributed by atoms with Crippen LogP contribution in [0.25, 0.3) is 11.8 Å². The molecule has 5 rings (SSSR count). The molecule has 210 valence electrons. The van der Waals surface area contributed by atoms with Crippen molar-refractivity contribution >= 4 is 40.7 Å². The number of benzene rings is 3. The van der Waals surface area contributed by atoms with Crippen molar-refractivity contribution in [3.8, 4) is 11.5 Å². The number of esters is 1. The van der Waals surface area contributed by atoms with Crippen LogP contribution in [0.5, 0.6) is 11.5 Å². The van der Waals surface area contributed by atoms with E-state index >= 15 is 0 Å². The molecule has 4 aromatic rings. The van der Waals surface area contributed by atoms with Gasteiger partial charge < -0.3 is 14.2 Å². The van der Waals surface area contributed by atoms with E-state index in [0.29, 0.717) is 37.1 Å². The molecule has 0 bridgehead atoms. The first-order valence-corrected chi connectivity index (χ1v) is 14.4. The minimum atomic E-state index is -0.767. The first-order chi connectivity index (χ1) is 19.8. The number of halogens is 1. The third-order valence-corrected chi connectivity index (χ3v) is 7.64. The summed E-state index contributed by atoms with van der Waals surface area (Å²) >= 11 is 7.46. The largest absolute Gasteiger partial charge is 0.493 e. The van der Waals surface area contributed by atoms with Crippen molar-refractivity contribution in [2.24, 2.45) is 4.99 Å². The summed E-state index contributed by atoms with van der Waals surface area (Å²) < 4.78 is 18.9. The lowest BCUT2D eigenvalue weighted by atomic mass is 9.93. The summed E-state index contributed by atoms with van der Waals surface area (Å²) in [5.41, 5.74) is 2.70. The van der Waals surface area contributed by atoms with Crippen LogP contribution in [0.3, 0.4) is 0 Å². The van der Waals surface area contributed by atoms with Gasteiger partial charge in [0.1, 0.15) is 0 Å². The standard InChI is InChI=1S/C32H29ClN2O5S/c1-5-39-31(37)27-28(21-9-7-6-8-10-21)34-32-35(29(27)22-12-14-23(33)15-13-22)30(36)26(41-32)18-20-11-16-24(40-19(2)3)25(17-20)38-4/h6-19,29H,5H2,1-4H3/b26-18-/t29-/m0/s1. The third kappa shape index (κ3) is 5.85. The highest BCUT2D eigenvalue weighted by atomic mass is 35.5. The molecular weight excluding hydrogens is 560 g/mol. The zero-order valence-corrected chi connectivity index (χ0v) is 24.7. The van der Waals surface area contributed by atoms with Gasteiger partial charge in [-0.05, 0) is 62.2 Å². The van der Waals surface area contributed by atoms with Gasteiger partial charge in [-0.3, -0.25) is 9.36 Å². The number of ether oxygens (including phenoxy) is 3. The van der Waals surface area contributed by atoms with E-state index in [1.807, 2.05) is 74.5 Å². The highest BCUT2D eigenvalue weighted by Crippen LogP contribution is 2.35. The van der Waals surface area contributed by atoms with Gasteiger partial charge in [-0.2, -0.15) is 0 Å². The Morgan fingerprint density at radius 1 is 1.07 bits per heavy atom. The molecule has 1 aliphatic heterocycles. The molecule has 3 aromatic carbocycles. The lowest BCUT2D eigenvalue weighted by molar-refractivity contribution is -0.138. The Balaban J connectivity index is 1.75. The van der Waals surface area contributed by atoms with Gasteiger partial charge in [0.25, 0.3) is 5.56 Å². The van der Waals surface area contributed by atoms with Crippen molar-refractivity contribution in [3.05, 3.63) is 120 Å². The quantitative estimate of drug-likeness (QED) is 0.258. The van der Waals surface area contributed by atoms with Gasteiger partial charge in [0.2, 0.25) is 0 Å². The van der Waals surface area contributed by atoms with Gasteiger partial charge in [-0.1, -0.05) is 71.5 Å². The fraction of sp³-hybridized carbons (Fsp3) is 0.219. The maximum atomic E-state index is 14.0. The molecule has 0 radical (unpaired) electrons. The monoisotopic (exact) mass is 588 g/mol. The molecule has 1 aliphatic rings. The van der Waals surface area contributed by atoms with Crippen LogP contribution >= 0.6 is 22.9 Å². The molecule has 0 saturated carbocycles. The topological polar surface area (TPSA) is 79.1 Å². The number of nitrogens with zero attached hydrogens (tertiary/aromatic N) is 2. The molecule has 0 unspecified atom stereocenters. The van der Waals surface area contributed by atoms with E-state index in [1.165, 1.54) is 11.3 Å². The molecule has 41 heavy (non-hydrogen) atoms. The molecule has 7 nitrogen and oxygen atoms in total. The summed E-state index contributed by atoms with van der Waals surface area (Å²) in [5, 5.41) is 0.546. The van der Waals surface area contributed by atoms with E-state index in [1.54, 1.807) is 36.8 Å². The van der Waals surface area contributed by atoms with Crippen LogP contribution in [0.15, 0.2) is 88.2 Å². The number of hydrogen-bond acceptors (Lipinski definition) is 7. The third-order valence-electron chi connectivity index (χ3n) is 6.41. The first-order valence-electron chi connectivity index (χ1n) is 13.2. The van der Waals surface area contributed by atoms with Crippen LogP contribution in [-0.4, -0.2) is 30.4 Å². The minimum Gasteiger partial charge on any atom is -0.493 e. The SMILES string of the molecule is CCOC(=O)C1=C(c2ccccc2)N=c2s/c(=C\c3ccc(OC(C)C)c(OC)c3)c(=O)n2[C@H]1c1ccc(Cl)cc1. The van der Waals surface area contributed by atoms with Crippen LogP contribution in [0.1, 0.15) is 43.5 Å². The highest BCUT2D eigenvalue weighted by Gasteiger charge is 2.35. The molecule has 0 aliphatic carbocycles. The summed E-state index contributed by atoms with van der Waals surface area (Å²) in [4.78, 5) is 32.9. The average molecular weight is 589 g/mol. The Kier molecular flexibility index (Phi) is 8.42. The fourth-order valence-electron chi connectivity index (χ4n) is 4.68. The fourth-order valence-corrected chi connectivity index (χ4v) is 5.80. The number of carbonyl (C=O) groups is 1. The molecule has 0 spiro atoms. The summed E-state index contributed by atoms with van der Waals surface area (Å²) in [6.07, 6.45) is 1.78. The Labute approximate surface area is 246 Å². The van der Waals surface area contributed by atoms with Gasteiger partial charge >= 0.3 is 5.97 Å². The van der Waals surface area contributed by atoms with Gasteiger partial charge in [0.05, 0.1) is 41.7 Å². The molecule has 0 fully saturated rings. The lowest BCUT2D eigenvalue weighted by Crippen LogP contribution is -2.40. The molecular formula is C32H29ClN2O5S. The zero-order valence-electron chi connectivity index (χ0n) is 23.1. The van der Waals surface area contributed by atoms with Crippen LogP contribution in [-0.2, 0) is 9.53 Å². The second-order valence-electron chi connectivity index (χ2n) is 9.56. The predicted octanol–water partition coefficient (Wildman–Crippen LogP) is 5.38. The molecule has 0 amide bonds. The summed E-state index contributed by atoms with van der Waals surface area (Å²) in [6.45, 7) is 5.82. The average Bonchev–Trinajstić information content (AvgIpc) is 3.28. The molecule has 1 aromatic heterocycles. The normalized spacial score (nSPS) is 15.0. The number of fused-ring (bicyclic) bond motifs is 1. The summed E-state index contributed by atoms with van der Waals surface area (Å²) in [7, 11) is 1.58. The summed E-state index contributed by atoms with van der Waals surface area (Å²) in [6, 6.07) is 21.3. The Morgan fingerprint density at radius 2 is 1.80 bits per heavy atom. The van der Waals surface area contributed by atoms with Crippen molar-refractivity contribution in [2.45, 2.75) is 32.9 Å². The smallest absolute Gasteiger partial charge is 0.338 e. The van der Waals surface area contributed by atoms with Crippen molar-refractivity contribution in [3.63, 3.8) is 0 Å².